The number of hydrogen-bond donors (Lipinski definition) is 2. The first kappa shape index (κ1) is 15.2. The molecule has 2 fully saturated rings. The van der Waals surface area contributed by atoms with E-state index in [2.05, 4.69) is 41.5 Å². The highest BCUT2D eigenvalue weighted by molar-refractivity contribution is 5.89. The number of morpholine rings is 1. The average Bonchev–Trinajstić information content (AvgIpc) is 3.29. The maximum atomic E-state index is 11.8. The highest BCUT2D eigenvalue weighted by Crippen LogP contribution is 2.27. The van der Waals surface area contributed by atoms with Gasteiger partial charge in [0, 0.05) is 31.0 Å². The SMILES string of the molecule is C[C@@H]1CN(c2ccc(NC(=O)NCC3CC3)cc2)C[C@H](C)O1. The topological polar surface area (TPSA) is 53.6 Å². The van der Waals surface area contributed by atoms with E-state index in [4.69, 9.17) is 4.74 Å². The van der Waals surface area contributed by atoms with Crippen LogP contribution in [0.1, 0.15) is 26.7 Å². The molecule has 0 aromatic heterocycles. The van der Waals surface area contributed by atoms with Gasteiger partial charge in [-0.2, -0.15) is 0 Å². The van der Waals surface area contributed by atoms with Gasteiger partial charge >= 0.3 is 6.03 Å². The number of carbonyl (C=O) groups is 1. The monoisotopic (exact) mass is 303 g/mol. The van der Waals surface area contributed by atoms with Gasteiger partial charge in [-0.25, -0.2) is 4.79 Å². The Balaban J connectivity index is 1.53. The van der Waals surface area contributed by atoms with Gasteiger partial charge in [0.25, 0.3) is 0 Å². The predicted molar refractivity (Wildman–Crippen MR) is 88.4 cm³/mol. The summed E-state index contributed by atoms with van der Waals surface area (Å²) in [6, 6.07) is 7.91. The number of urea groups is 1. The van der Waals surface area contributed by atoms with E-state index in [9.17, 15) is 4.79 Å². The van der Waals surface area contributed by atoms with Crippen molar-refractivity contribution >= 4 is 17.4 Å². The Morgan fingerprint density at radius 3 is 2.41 bits per heavy atom. The molecule has 1 saturated heterocycles. The summed E-state index contributed by atoms with van der Waals surface area (Å²) in [5.41, 5.74) is 2.00. The molecule has 2 amide bonds. The summed E-state index contributed by atoms with van der Waals surface area (Å²) in [6.07, 6.45) is 2.97. The molecule has 1 aromatic rings. The summed E-state index contributed by atoms with van der Waals surface area (Å²) in [5.74, 6) is 0.693. The summed E-state index contributed by atoms with van der Waals surface area (Å²) in [5, 5.41) is 5.79. The molecular formula is C17H25N3O2. The second-order valence-corrected chi connectivity index (χ2v) is 6.49. The number of anilines is 2. The Labute approximate surface area is 132 Å². The molecule has 1 aliphatic carbocycles. The summed E-state index contributed by atoms with van der Waals surface area (Å²) in [7, 11) is 0. The van der Waals surface area contributed by atoms with Gasteiger partial charge in [-0.1, -0.05) is 0 Å². The molecule has 1 saturated carbocycles. The Morgan fingerprint density at radius 1 is 1.18 bits per heavy atom. The van der Waals surface area contributed by atoms with Crippen molar-refractivity contribution in [1.29, 1.82) is 0 Å². The molecule has 2 atom stereocenters. The Kier molecular flexibility index (Phi) is 4.52. The molecule has 1 aromatic carbocycles. The maximum Gasteiger partial charge on any atom is 0.319 e. The zero-order valence-electron chi connectivity index (χ0n) is 13.3. The lowest BCUT2D eigenvalue weighted by molar-refractivity contribution is -0.00521. The van der Waals surface area contributed by atoms with E-state index in [1.54, 1.807) is 0 Å². The molecule has 0 unspecified atom stereocenters. The minimum absolute atomic E-state index is 0.117. The molecule has 0 bridgehead atoms. The van der Waals surface area contributed by atoms with Gasteiger partial charge in [0.1, 0.15) is 0 Å². The van der Waals surface area contributed by atoms with Crippen LogP contribution in [0.5, 0.6) is 0 Å². The van der Waals surface area contributed by atoms with Crippen molar-refractivity contribution in [2.24, 2.45) is 5.92 Å². The fourth-order valence-electron chi connectivity index (χ4n) is 2.88. The third kappa shape index (κ3) is 4.13. The maximum absolute atomic E-state index is 11.8. The second kappa shape index (κ2) is 6.57. The lowest BCUT2D eigenvalue weighted by Gasteiger charge is -2.36. The van der Waals surface area contributed by atoms with Crippen molar-refractivity contribution in [3.8, 4) is 0 Å². The zero-order valence-corrected chi connectivity index (χ0v) is 13.3. The third-order valence-electron chi connectivity index (χ3n) is 4.16. The highest BCUT2D eigenvalue weighted by Gasteiger charge is 2.23. The molecule has 1 aliphatic heterocycles. The van der Waals surface area contributed by atoms with E-state index in [0.29, 0.717) is 5.92 Å². The highest BCUT2D eigenvalue weighted by atomic mass is 16.5. The van der Waals surface area contributed by atoms with Gasteiger partial charge < -0.3 is 20.3 Å². The number of ether oxygens (including phenoxy) is 1. The largest absolute Gasteiger partial charge is 0.372 e. The first-order chi connectivity index (χ1) is 10.6. The van der Waals surface area contributed by atoms with Gasteiger partial charge in [-0.15, -0.1) is 0 Å². The second-order valence-electron chi connectivity index (χ2n) is 6.49. The van der Waals surface area contributed by atoms with Crippen LogP contribution in [-0.4, -0.2) is 37.9 Å². The molecule has 0 spiro atoms. The lowest BCUT2D eigenvalue weighted by atomic mass is 10.2. The molecule has 3 rings (SSSR count). The number of hydrogen-bond acceptors (Lipinski definition) is 3. The average molecular weight is 303 g/mol. The molecule has 1 heterocycles. The zero-order chi connectivity index (χ0) is 15.5. The summed E-state index contributed by atoms with van der Waals surface area (Å²) >= 11 is 0. The standard InChI is InChI=1S/C17H25N3O2/c1-12-10-20(11-13(2)22-12)16-7-5-15(6-8-16)19-17(21)18-9-14-3-4-14/h5-8,12-14H,3-4,9-11H2,1-2H3,(H2,18,19,21)/t12-,13+. The van der Waals surface area contributed by atoms with E-state index < -0.39 is 0 Å². The normalized spacial score (nSPS) is 24.9. The van der Waals surface area contributed by atoms with E-state index in [0.717, 1.165) is 25.3 Å². The van der Waals surface area contributed by atoms with Crippen LogP contribution in [0.4, 0.5) is 16.2 Å². The van der Waals surface area contributed by atoms with Crippen molar-refractivity contribution in [2.75, 3.05) is 29.9 Å². The fraction of sp³-hybridized carbons (Fsp3) is 0.588. The number of benzene rings is 1. The number of amides is 2. The van der Waals surface area contributed by atoms with Crippen molar-refractivity contribution in [3.63, 3.8) is 0 Å². The van der Waals surface area contributed by atoms with E-state index >= 15 is 0 Å². The lowest BCUT2D eigenvalue weighted by Crippen LogP contribution is -2.45. The first-order valence-corrected chi connectivity index (χ1v) is 8.15. The van der Waals surface area contributed by atoms with Crippen LogP contribution < -0.4 is 15.5 Å². The Morgan fingerprint density at radius 2 is 1.82 bits per heavy atom. The minimum Gasteiger partial charge on any atom is -0.372 e. The quantitative estimate of drug-likeness (QED) is 0.899. The van der Waals surface area contributed by atoms with Crippen LogP contribution in [0.3, 0.4) is 0 Å². The first-order valence-electron chi connectivity index (χ1n) is 8.15. The summed E-state index contributed by atoms with van der Waals surface area (Å²) in [6.45, 7) is 6.79. The Hall–Kier alpha value is -1.75. The molecule has 5 heteroatoms. The third-order valence-corrected chi connectivity index (χ3v) is 4.16. The number of nitrogens with one attached hydrogen (secondary N) is 2. The number of rotatable bonds is 4. The Bertz CT molecular complexity index is 503. The van der Waals surface area contributed by atoms with Crippen molar-refractivity contribution in [1.82, 2.24) is 5.32 Å². The molecule has 5 nitrogen and oxygen atoms in total. The molecule has 22 heavy (non-hydrogen) atoms. The van der Waals surface area contributed by atoms with Crippen LogP contribution in [0.25, 0.3) is 0 Å². The molecular weight excluding hydrogens is 278 g/mol. The smallest absolute Gasteiger partial charge is 0.319 e. The van der Waals surface area contributed by atoms with Crippen LogP contribution in [-0.2, 0) is 4.74 Å². The van der Waals surface area contributed by atoms with Gasteiger partial charge in [0.05, 0.1) is 12.2 Å². The van der Waals surface area contributed by atoms with Crippen molar-refractivity contribution < 1.29 is 9.53 Å². The van der Waals surface area contributed by atoms with Crippen molar-refractivity contribution in [3.05, 3.63) is 24.3 Å². The van der Waals surface area contributed by atoms with Gasteiger partial charge in [0.2, 0.25) is 0 Å². The molecule has 2 aliphatic rings. The van der Waals surface area contributed by atoms with Crippen LogP contribution in [0, 0.1) is 5.92 Å². The molecule has 2 N–H and O–H groups in total. The number of nitrogens with zero attached hydrogens (tertiary/aromatic N) is 1. The van der Waals surface area contributed by atoms with Crippen LogP contribution in [0.15, 0.2) is 24.3 Å². The van der Waals surface area contributed by atoms with Crippen LogP contribution >= 0.6 is 0 Å². The summed E-state index contributed by atoms with van der Waals surface area (Å²) < 4.78 is 5.76. The van der Waals surface area contributed by atoms with E-state index in [-0.39, 0.29) is 18.2 Å². The molecule has 120 valence electrons. The minimum atomic E-state index is -0.117. The van der Waals surface area contributed by atoms with E-state index in [1.807, 2.05) is 12.1 Å². The van der Waals surface area contributed by atoms with E-state index in [1.165, 1.54) is 18.5 Å². The molecule has 0 radical (unpaired) electrons. The van der Waals surface area contributed by atoms with Crippen molar-refractivity contribution in [2.45, 2.75) is 38.9 Å². The van der Waals surface area contributed by atoms with Gasteiger partial charge in [0.15, 0.2) is 0 Å². The number of carbonyl (C=O) groups excluding carboxylic acids is 1. The predicted octanol–water partition coefficient (Wildman–Crippen LogP) is 2.83. The van der Waals surface area contributed by atoms with Crippen LogP contribution in [0.2, 0.25) is 0 Å². The van der Waals surface area contributed by atoms with Gasteiger partial charge in [-0.05, 0) is 56.9 Å². The summed E-state index contributed by atoms with van der Waals surface area (Å²) in [4.78, 5) is 14.1. The fourth-order valence-corrected chi connectivity index (χ4v) is 2.88. The van der Waals surface area contributed by atoms with Gasteiger partial charge in [-0.3, -0.25) is 0 Å².